The highest BCUT2D eigenvalue weighted by molar-refractivity contribution is 7.99. The van der Waals surface area contributed by atoms with Crippen molar-refractivity contribution in [2.24, 2.45) is 5.92 Å². The first-order chi connectivity index (χ1) is 10.2. The molecule has 0 aromatic heterocycles. The first kappa shape index (κ1) is 16.7. The highest BCUT2D eigenvalue weighted by Crippen LogP contribution is 2.38. The molecule has 1 aliphatic carbocycles. The van der Waals surface area contributed by atoms with E-state index in [9.17, 15) is 0 Å². The molecule has 118 valence electrons. The van der Waals surface area contributed by atoms with Crippen molar-refractivity contribution in [3.05, 3.63) is 29.3 Å². The van der Waals surface area contributed by atoms with Crippen LogP contribution in [0.25, 0.3) is 0 Å². The molecule has 0 saturated carbocycles. The molecule has 0 bridgehead atoms. The van der Waals surface area contributed by atoms with Crippen molar-refractivity contribution in [3.8, 4) is 5.75 Å². The van der Waals surface area contributed by atoms with Gasteiger partial charge in [0.1, 0.15) is 5.75 Å². The summed E-state index contributed by atoms with van der Waals surface area (Å²) < 4.78 is 5.37. The lowest BCUT2D eigenvalue weighted by atomic mass is 9.87. The smallest absolute Gasteiger partial charge is 0.119 e. The molecule has 0 heterocycles. The van der Waals surface area contributed by atoms with Gasteiger partial charge in [0, 0.05) is 11.3 Å². The Morgan fingerprint density at radius 3 is 2.86 bits per heavy atom. The summed E-state index contributed by atoms with van der Waals surface area (Å²) in [5.74, 6) is 3.06. The van der Waals surface area contributed by atoms with E-state index in [4.69, 9.17) is 4.74 Å². The number of nitrogens with one attached hydrogen (secondary N) is 1. The standard InChI is InChI=1S/C18H29NOS/c1-5-19-18-16-8-7-15(20-4)12-14(16)6-9-17(18)21-11-10-13(2)3/h7-8,12-13,17-19H,5-6,9-11H2,1-4H3. The Kier molecular flexibility index (Phi) is 6.43. The molecule has 21 heavy (non-hydrogen) atoms. The molecule has 2 atom stereocenters. The first-order valence-electron chi connectivity index (χ1n) is 8.17. The van der Waals surface area contributed by atoms with E-state index in [1.165, 1.54) is 36.1 Å². The summed E-state index contributed by atoms with van der Waals surface area (Å²) in [6, 6.07) is 7.07. The summed E-state index contributed by atoms with van der Waals surface area (Å²) in [6.45, 7) is 7.85. The predicted molar refractivity (Wildman–Crippen MR) is 93.4 cm³/mol. The van der Waals surface area contributed by atoms with Crippen molar-refractivity contribution in [1.82, 2.24) is 5.32 Å². The van der Waals surface area contributed by atoms with Crippen molar-refractivity contribution < 1.29 is 4.74 Å². The van der Waals surface area contributed by atoms with E-state index in [-0.39, 0.29) is 0 Å². The van der Waals surface area contributed by atoms with Gasteiger partial charge in [0.05, 0.1) is 7.11 Å². The van der Waals surface area contributed by atoms with E-state index in [0.717, 1.165) is 18.2 Å². The van der Waals surface area contributed by atoms with Crippen LogP contribution in [0.4, 0.5) is 0 Å². The van der Waals surface area contributed by atoms with Gasteiger partial charge in [-0.2, -0.15) is 11.8 Å². The van der Waals surface area contributed by atoms with E-state index in [1.807, 2.05) is 0 Å². The molecular weight excluding hydrogens is 278 g/mol. The number of fused-ring (bicyclic) bond motifs is 1. The summed E-state index contributed by atoms with van der Waals surface area (Å²) in [4.78, 5) is 0. The molecule has 0 radical (unpaired) electrons. The van der Waals surface area contributed by atoms with E-state index >= 15 is 0 Å². The largest absolute Gasteiger partial charge is 0.497 e. The van der Waals surface area contributed by atoms with Crippen LogP contribution in [0, 0.1) is 5.92 Å². The lowest BCUT2D eigenvalue weighted by Crippen LogP contribution is -2.34. The number of aryl methyl sites for hydroxylation is 1. The van der Waals surface area contributed by atoms with Crippen molar-refractivity contribution in [1.29, 1.82) is 0 Å². The molecule has 2 nitrogen and oxygen atoms in total. The van der Waals surface area contributed by atoms with Crippen molar-refractivity contribution >= 4 is 11.8 Å². The first-order valence-corrected chi connectivity index (χ1v) is 9.22. The van der Waals surface area contributed by atoms with Gasteiger partial charge in [0.15, 0.2) is 0 Å². The van der Waals surface area contributed by atoms with Gasteiger partial charge in [-0.1, -0.05) is 26.8 Å². The van der Waals surface area contributed by atoms with Gasteiger partial charge >= 0.3 is 0 Å². The van der Waals surface area contributed by atoms with Crippen LogP contribution in [0.5, 0.6) is 5.75 Å². The Hall–Kier alpha value is -0.670. The average molecular weight is 308 g/mol. The number of thioether (sulfide) groups is 1. The zero-order chi connectivity index (χ0) is 15.2. The molecule has 1 aromatic rings. The van der Waals surface area contributed by atoms with Gasteiger partial charge in [-0.25, -0.2) is 0 Å². The molecular formula is C18H29NOS. The number of ether oxygens (including phenoxy) is 1. The second kappa shape index (κ2) is 8.09. The van der Waals surface area contributed by atoms with Gasteiger partial charge < -0.3 is 10.1 Å². The van der Waals surface area contributed by atoms with Crippen LogP contribution >= 0.6 is 11.8 Å². The monoisotopic (exact) mass is 307 g/mol. The van der Waals surface area contributed by atoms with Crippen LogP contribution in [0.3, 0.4) is 0 Å². The predicted octanol–water partition coefficient (Wildman–Crippen LogP) is 4.44. The summed E-state index contributed by atoms with van der Waals surface area (Å²) in [5, 5.41) is 4.40. The van der Waals surface area contributed by atoms with Crippen LogP contribution in [0.1, 0.15) is 50.8 Å². The second-order valence-electron chi connectivity index (χ2n) is 6.23. The van der Waals surface area contributed by atoms with E-state index < -0.39 is 0 Å². The third-order valence-electron chi connectivity index (χ3n) is 4.21. The van der Waals surface area contributed by atoms with Crippen LogP contribution in [0.15, 0.2) is 18.2 Å². The van der Waals surface area contributed by atoms with Gasteiger partial charge in [-0.3, -0.25) is 0 Å². The minimum absolute atomic E-state index is 0.488. The van der Waals surface area contributed by atoms with Gasteiger partial charge in [0.25, 0.3) is 0 Å². The SMILES string of the molecule is CCNC1c2ccc(OC)cc2CCC1SCCC(C)C. The van der Waals surface area contributed by atoms with Crippen LogP contribution in [-0.2, 0) is 6.42 Å². The van der Waals surface area contributed by atoms with E-state index in [0.29, 0.717) is 11.3 Å². The minimum atomic E-state index is 0.488. The van der Waals surface area contributed by atoms with Crippen molar-refractivity contribution in [2.75, 3.05) is 19.4 Å². The Balaban J connectivity index is 2.10. The number of benzene rings is 1. The quantitative estimate of drug-likeness (QED) is 0.804. The van der Waals surface area contributed by atoms with Gasteiger partial charge in [-0.15, -0.1) is 0 Å². The summed E-state index contributed by atoms with van der Waals surface area (Å²) >= 11 is 2.15. The number of hydrogen-bond donors (Lipinski definition) is 1. The van der Waals surface area contributed by atoms with Crippen LogP contribution in [-0.4, -0.2) is 24.7 Å². The molecule has 0 amide bonds. The number of rotatable bonds is 7. The fraction of sp³-hybridized carbons (Fsp3) is 0.667. The zero-order valence-corrected chi connectivity index (χ0v) is 14.6. The third-order valence-corrected chi connectivity index (χ3v) is 5.61. The molecule has 0 aliphatic heterocycles. The summed E-state index contributed by atoms with van der Waals surface area (Å²) in [6.07, 6.45) is 3.75. The second-order valence-corrected chi connectivity index (χ2v) is 7.58. The Morgan fingerprint density at radius 2 is 2.19 bits per heavy atom. The van der Waals surface area contributed by atoms with E-state index in [2.05, 4.69) is 56.0 Å². The summed E-state index contributed by atoms with van der Waals surface area (Å²) in [7, 11) is 1.75. The number of hydrogen-bond acceptors (Lipinski definition) is 3. The van der Waals surface area contributed by atoms with Crippen LogP contribution in [0.2, 0.25) is 0 Å². The Morgan fingerprint density at radius 1 is 1.38 bits per heavy atom. The van der Waals surface area contributed by atoms with Crippen molar-refractivity contribution in [2.45, 2.75) is 51.3 Å². The highest BCUT2D eigenvalue weighted by Gasteiger charge is 2.29. The lowest BCUT2D eigenvalue weighted by molar-refractivity contribution is 0.411. The molecule has 2 rings (SSSR count). The van der Waals surface area contributed by atoms with Gasteiger partial charge in [-0.05, 0) is 60.7 Å². The highest BCUT2D eigenvalue weighted by atomic mass is 32.2. The third kappa shape index (κ3) is 4.40. The summed E-state index contributed by atoms with van der Waals surface area (Å²) in [5.41, 5.74) is 2.94. The number of methoxy groups -OCH3 is 1. The molecule has 0 spiro atoms. The molecule has 2 unspecified atom stereocenters. The molecule has 0 saturated heterocycles. The normalized spacial score (nSPS) is 21.4. The van der Waals surface area contributed by atoms with Crippen LogP contribution < -0.4 is 10.1 Å². The van der Waals surface area contributed by atoms with Crippen molar-refractivity contribution in [3.63, 3.8) is 0 Å². The fourth-order valence-electron chi connectivity index (χ4n) is 2.99. The maximum Gasteiger partial charge on any atom is 0.119 e. The van der Waals surface area contributed by atoms with E-state index in [1.54, 1.807) is 7.11 Å². The van der Waals surface area contributed by atoms with Gasteiger partial charge in [0.2, 0.25) is 0 Å². The molecule has 1 N–H and O–H groups in total. The fourth-order valence-corrected chi connectivity index (χ4v) is 4.62. The Bertz CT molecular complexity index is 447. The Labute approximate surface area is 134 Å². The minimum Gasteiger partial charge on any atom is -0.497 e. The lowest BCUT2D eigenvalue weighted by Gasteiger charge is -2.34. The molecule has 1 aliphatic rings. The maximum atomic E-state index is 5.37. The molecule has 0 fully saturated rings. The molecule has 1 aromatic carbocycles. The zero-order valence-electron chi connectivity index (χ0n) is 13.8. The molecule has 3 heteroatoms. The average Bonchev–Trinajstić information content (AvgIpc) is 2.48. The maximum absolute atomic E-state index is 5.37. The topological polar surface area (TPSA) is 21.3 Å².